The van der Waals surface area contributed by atoms with Crippen LogP contribution in [0.15, 0.2) is 48.8 Å². The zero-order chi connectivity index (χ0) is 26.5. The Hall–Kier alpha value is -3.88. The van der Waals surface area contributed by atoms with Gasteiger partial charge in [0.2, 0.25) is 5.69 Å². The second kappa shape index (κ2) is 10.8. The van der Waals surface area contributed by atoms with E-state index >= 15 is 0 Å². The maximum Gasteiger partial charge on any atom is 0.430 e. The van der Waals surface area contributed by atoms with Crippen molar-refractivity contribution in [2.75, 3.05) is 31.2 Å². The number of hydrogen-bond acceptors (Lipinski definition) is 6. The average molecular weight is 519 g/mol. The van der Waals surface area contributed by atoms with E-state index in [0.717, 1.165) is 0 Å². The van der Waals surface area contributed by atoms with Crippen LogP contribution in [0.4, 0.5) is 32.3 Å². The van der Waals surface area contributed by atoms with E-state index in [0.29, 0.717) is 37.8 Å². The zero-order valence-corrected chi connectivity index (χ0v) is 18.3. The Morgan fingerprint density at radius 3 is 2.28 bits per heavy atom. The smallest absolute Gasteiger partial charge is 0.430 e. The standard InChI is InChI=1S/C19H18F3N5O2.C2HF3O2/c20-19(21,22)16(13-5-1-3-7-23-13)25-17(28)15-14-6-2-4-8-27(14)18(24-15)26-9-11-29-12-10-26;3-2(4,5)1(6)7/h1-8,16H,9-12H2,(H,25,28);(H,6,7). The molecule has 0 radical (unpaired) electrons. The maximum atomic E-state index is 13.6. The first-order valence-electron chi connectivity index (χ1n) is 10.3. The largest absolute Gasteiger partial charge is 0.542 e. The van der Waals surface area contributed by atoms with Crippen LogP contribution in [0, 0.1) is 0 Å². The first-order chi connectivity index (χ1) is 16.9. The molecule has 9 nitrogen and oxygen atoms in total. The van der Waals surface area contributed by atoms with Gasteiger partial charge in [-0.05, 0) is 24.3 Å². The minimum absolute atomic E-state index is 0.0530. The van der Waals surface area contributed by atoms with Gasteiger partial charge >= 0.3 is 18.3 Å². The summed E-state index contributed by atoms with van der Waals surface area (Å²) in [5, 5.41) is 10.9. The summed E-state index contributed by atoms with van der Waals surface area (Å²) in [6.45, 7) is 2.28. The van der Waals surface area contributed by atoms with Crippen LogP contribution >= 0.6 is 0 Å². The number of nitrogens with one attached hydrogen (secondary N) is 2. The number of hydrogen-bond donors (Lipinski definition) is 2. The predicted octanol–water partition coefficient (Wildman–Crippen LogP) is 1.32. The Bertz CT molecular complexity index is 1190. The molecule has 1 unspecified atom stereocenters. The monoisotopic (exact) mass is 519 g/mol. The lowest BCUT2D eigenvalue weighted by atomic mass is 10.1. The fraction of sp³-hybridized carbons (Fsp3) is 0.333. The Morgan fingerprint density at radius 1 is 1.08 bits per heavy atom. The van der Waals surface area contributed by atoms with Crippen LogP contribution in [0.3, 0.4) is 0 Å². The van der Waals surface area contributed by atoms with Crippen LogP contribution in [0.5, 0.6) is 0 Å². The van der Waals surface area contributed by atoms with Gasteiger partial charge in [0, 0.05) is 6.20 Å². The highest BCUT2D eigenvalue weighted by molar-refractivity contribution is 5.98. The van der Waals surface area contributed by atoms with Crippen LogP contribution in [0.1, 0.15) is 22.2 Å². The summed E-state index contributed by atoms with van der Waals surface area (Å²) in [6.07, 6.45) is -6.86. The molecule has 0 aromatic carbocycles. The maximum absolute atomic E-state index is 13.6. The molecule has 3 aromatic rings. The number of carboxylic acids is 1. The summed E-state index contributed by atoms with van der Waals surface area (Å²) >= 11 is 0. The van der Waals surface area contributed by atoms with Crippen molar-refractivity contribution in [2.45, 2.75) is 18.4 Å². The lowest BCUT2D eigenvalue weighted by Gasteiger charge is -2.21. The number of amides is 1. The summed E-state index contributed by atoms with van der Waals surface area (Å²) in [6, 6.07) is 7.18. The zero-order valence-electron chi connectivity index (χ0n) is 18.3. The molecule has 1 atom stereocenters. The number of ether oxygens (including phenoxy) is 1. The number of fused-ring (bicyclic) bond motifs is 1. The van der Waals surface area contributed by atoms with Gasteiger partial charge in [0.25, 0.3) is 5.91 Å². The highest BCUT2D eigenvalue weighted by Gasteiger charge is 2.44. The number of anilines is 1. The summed E-state index contributed by atoms with van der Waals surface area (Å²) in [7, 11) is 0. The second-order valence-electron chi connectivity index (χ2n) is 7.37. The number of rotatable bonds is 4. The van der Waals surface area contributed by atoms with E-state index < -0.39 is 30.3 Å². The van der Waals surface area contributed by atoms with Gasteiger partial charge in [0.1, 0.15) is 5.97 Å². The van der Waals surface area contributed by atoms with Gasteiger partial charge in [-0.25, -0.2) is 9.38 Å². The molecule has 0 spiro atoms. The molecule has 0 aliphatic carbocycles. The van der Waals surface area contributed by atoms with Gasteiger partial charge in [-0.2, -0.15) is 26.3 Å². The molecule has 0 bridgehead atoms. The van der Waals surface area contributed by atoms with Gasteiger partial charge in [0.15, 0.2) is 11.6 Å². The molecule has 4 rings (SSSR count). The summed E-state index contributed by atoms with van der Waals surface area (Å²) in [5.41, 5.74) is 0.260. The molecule has 2 N–H and O–H groups in total. The first kappa shape index (κ1) is 26.7. The fourth-order valence-corrected chi connectivity index (χ4v) is 3.32. The van der Waals surface area contributed by atoms with E-state index in [4.69, 9.17) is 14.6 Å². The topological polar surface area (TPSA) is 114 Å². The van der Waals surface area contributed by atoms with Gasteiger partial charge in [-0.15, -0.1) is 0 Å². The molecule has 4 heterocycles. The average Bonchev–Trinajstić information content (AvgIpc) is 3.22. The van der Waals surface area contributed by atoms with E-state index in [2.05, 4.69) is 15.3 Å². The van der Waals surface area contributed by atoms with Crippen molar-refractivity contribution >= 4 is 23.3 Å². The normalized spacial score (nSPS) is 15.1. The van der Waals surface area contributed by atoms with Crippen LogP contribution in [0.25, 0.3) is 5.52 Å². The number of imidazole rings is 1. The quantitative estimate of drug-likeness (QED) is 0.397. The van der Waals surface area contributed by atoms with E-state index in [9.17, 15) is 31.1 Å². The summed E-state index contributed by atoms with van der Waals surface area (Å²) < 4.78 is 79.5. The van der Waals surface area contributed by atoms with Crippen molar-refractivity contribution in [3.05, 3.63) is 60.2 Å². The van der Waals surface area contributed by atoms with Gasteiger partial charge in [0.05, 0.1) is 38.2 Å². The van der Waals surface area contributed by atoms with E-state index in [1.54, 1.807) is 28.8 Å². The summed E-state index contributed by atoms with van der Waals surface area (Å²) in [4.78, 5) is 30.4. The van der Waals surface area contributed by atoms with Crippen LogP contribution in [-0.4, -0.2) is 60.5 Å². The molecule has 3 aromatic heterocycles. The number of pyridine rings is 2. The van der Waals surface area contributed by atoms with Crippen molar-refractivity contribution in [3.63, 3.8) is 0 Å². The summed E-state index contributed by atoms with van der Waals surface area (Å²) in [5.74, 6) is -3.25. The van der Waals surface area contributed by atoms with Crippen molar-refractivity contribution in [3.8, 4) is 0 Å². The Balaban J connectivity index is 0.000000454. The molecule has 1 amide bonds. The van der Waals surface area contributed by atoms with Crippen molar-refractivity contribution in [2.24, 2.45) is 0 Å². The number of halogens is 6. The molecular formula is C21H19F6N5O4. The van der Waals surface area contributed by atoms with E-state index in [1.807, 2.05) is 4.90 Å². The molecule has 194 valence electrons. The Labute approximate surface area is 199 Å². The van der Waals surface area contributed by atoms with Crippen molar-refractivity contribution in [1.82, 2.24) is 15.3 Å². The molecule has 1 aliphatic rings. The number of alkyl halides is 6. The predicted molar refractivity (Wildman–Crippen MR) is 109 cm³/mol. The number of aromatic amines is 1. The molecule has 15 heteroatoms. The van der Waals surface area contributed by atoms with Crippen molar-refractivity contribution < 1.29 is 50.2 Å². The fourth-order valence-electron chi connectivity index (χ4n) is 3.32. The van der Waals surface area contributed by atoms with Crippen molar-refractivity contribution in [1.29, 1.82) is 0 Å². The lowest BCUT2D eigenvalue weighted by Crippen LogP contribution is -2.41. The number of aromatic nitrogens is 3. The second-order valence-corrected chi connectivity index (χ2v) is 7.37. The number of morpholine rings is 1. The first-order valence-corrected chi connectivity index (χ1v) is 10.3. The molecule has 0 saturated carbocycles. The third-order valence-corrected chi connectivity index (χ3v) is 4.94. The molecular weight excluding hydrogens is 500 g/mol. The minimum atomic E-state index is -5.19. The Morgan fingerprint density at radius 2 is 1.72 bits per heavy atom. The highest BCUT2D eigenvalue weighted by atomic mass is 19.4. The molecule has 36 heavy (non-hydrogen) atoms. The lowest BCUT2D eigenvalue weighted by molar-refractivity contribution is -0.497. The number of nitrogens with zero attached hydrogens (tertiary/aromatic N) is 3. The molecule has 1 fully saturated rings. The van der Waals surface area contributed by atoms with Crippen LogP contribution < -0.4 is 19.7 Å². The molecule has 1 saturated heterocycles. The number of carboxylic acid groups (broad SMARTS) is 1. The van der Waals surface area contributed by atoms with Gasteiger partial charge < -0.3 is 20.0 Å². The number of H-pyrrole nitrogens is 1. The highest BCUT2D eigenvalue weighted by Crippen LogP contribution is 2.32. The van der Waals surface area contributed by atoms with Crippen LogP contribution in [-0.2, 0) is 9.53 Å². The minimum Gasteiger partial charge on any atom is -0.542 e. The van der Waals surface area contributed by atoms with Gasteiger partial charge in [-0.1, -0.05) is 12.1 Å². The SMILES string of the molecule is O=C(NC(c1ccccn1)C(F)(F)F)c1[nH]c(N2CCOCC2)[n+]2ccccc12.O=C([O-])C(F)(F)F. The van der Waals surface area contributed by atoms with E-state index in [1.165, 1.54) is 24.4 Å². The Kier molecular flexibility index (Phi) is 8.02. The van der Waals surface area contributed by atoms with Crippen LogP contribution in [0.2, 0.25) is 0 Å². The molecule has 1 aliphatic heterocycles. The third kappa shape index (κ3) is 6.41. The number of carbonyl (C=O) groups is 2. The third-order valence-electron chi connectivity index (χ3n) is 4.94. The number of carbonyl (C=O) groups excluding carboxylic acids is 2. The number of aliphatic carboxylic acids is 1. The van der Waals surface area contributed by atoms with E-state index in [-0.39, 0.29) is 11.4 Å². The van der Waals surface area contributed by atoms with Gasteiger partial charge in [-0.3, -0.25) is 14.7 Å².